The van der Waals surface area contributed by atoms with Crippen molar-refractivity contribution in [1.82, 2.24) is 15.5 Å². The summed E-state index contributed by atoms with van der Waals surface area (Å²) >= 11 is 0. The Hall–Kier alpha value is -0.820. The maximum Gasteiger partial charge on any atom is 0.405 e. The van der Waals surface area contributed by atoms with Crippen LogP contribution in [-0.4, -0.2) is 56.3 Å². The second-order valence-corrected chi connectivity index (χ2v) is 4.79. The summed E-state index contributed by atoms with van der Waals surface area (Å²) in [5, 5.41) is 5.09. The van der Waals surface area contributed by atoms with Gasteiger partial charge in [0.25, 0.3) is 0 Å². The van der Waals surface area contributed by atoms with E-state index >= 15 is 0 Å². The number of hydrogen-bond donors (Lipinski definition) is 2. The van der Waals surface area contributed by atoms with Crippen LogP contribution in [0.5, 0.6) is 0 Å². The first-order valence-corrected chi connectivity index (χ1v) is 6.05. The van der Waals surface area contributed by atoms with Gasteiger partial charge in [0.2, 0.25) is 5.91 Å². The van der Waals surface area contributed by atoms with Crippen LogP contribution in [0.2, 0.25) is 0 Å². The number of rotatable bonds is 4. The number of carbonyl (C=O) groups excluding carboxylic acids is 1. The number of amides is 1. The van der Waals surface area contributed by atoms with Gasteiger partial charge in [0, 0.05) is 19.1 Å². The van der Waals surface area contributed by atoms with Crippen LogP contribution in [0.4, 0.5) is 13.2 Å². The molecule has 0 radical (unpaired) electrons. The van der Waals surface area contributed by atoms with Gasteiger partial charge in [-0.1, -0.05) is 6.92 Å². The molecule has 0 spiro atoms. The molecule has 1 saturated heterocycles. The lowest BCUT2D eigenvalue weighted by atomic mass is 9.94. The maximum absolute atomic E-state index is 11.9. The summed E-state index contributed by atoms with van der Waals surface area (Å²) in [5.74, 6) is -0.179. The lowest BCUT2D eigenvalue weighted by Gasteiger charge is -2.36. The van der Waals surface area contributed by atoms with E-state index in [1.54, 1.807) is 0 Å². The van der Waals surface area contributed by atoms with Crippen LogP contribution in [0.3, 0.4) is 0 Å². The standard InChI is InChI=1S/C11H20F3N3O/c1-8-5-17(4-3-9(8)15-2)6-10(18)16-7-11(12,13)14/h8-9,15H,3-7H2,1-2H3,(H,16,18). The summed E-state index contributed by atoms with van der Waals surface area (Å²) in [7, 11) is 1.90. The Morgan fingerprint density at radius 3 is 2.61 bits per heavy atom. The van der Waals surface area contributed by atoms with Crippen molar-refractivity contribution in [2.45, 2.75) is 25.6 Å². The first-order chi connectivity index (χ1) is 8.31. The average molecular weight is 267 g/mol. The number of carbonyl (C=O) groups is 1. The molecule has 1 fully saturated rings. The van der Waals surface area contributed by atoms with E-state index in [1.807, 2.05) is 17.3 Å². The second kappa shape index (κ2) is 6.38. The zero-order chi connectivity index (χ0) is 13.8. The van der Waals surface area contributed by atoms with Crippen molar-refractivity contribution in [2.24, 2.45) is 5.92 Å². The van der Waals surface area contributed by atoms with Crippen LogP contribution in [-0.2, 0) is 4.79 Å². The van der Waals surface area contributed by atoms with E-state index < -0.39 is 18.6 Å². The van der Waals surface area contributed by atoms with E-state index in [0.717, 1.165) is 19.5 Å². The fourth-order valence-electron chi connectivity index (χ4n) is 2.26. The van der Waals surface area contributed by atoms with Crippen molar-refractivity contribution in [2.75, 3.05) is 33.2 Å². The summed E-state index contributed by atoms with van der Waals surface area (Å²) in [5.41, 5.74) is 0. The van der Waals surface area contributed by atoms with Gasteiger partial charge in [0.1, 0.15) is 6.54 Å². The summed E-state index contributed by atoms with van der Waals surface area (Å²) < 4.78 is 35.8. The van der Waals surface area contributed by atoms with Gasteiger partial charge in [-0.25, -0.2) is 0 Å². The molecule has 1 aliphatic rings. The Morgan fingerprint density at radius 1 is 1.44 bits per heavy atom. The van der Waals surface area contributed by atoms with Crippen molar-refractivity contribution >= 4 is 5.91 Å². The molecule has 0 aliphatic carbocycles. The smallest absolute Gasteiger partial charge is 0.346 e. The predicted octanol–water partition coefficient (Wildman–Crippen LogP) is 0.595. The molecule has 2 N–H and O–H groups in total. The zero-order valence-corrected chi connectivity index (χ0v) is 10.7. The number of hydrogen-bond acceptors (Lipinski definition) is 3. The van der Waals surface area contributed by atoms with Gasteiger partial charge in [-0.3, -0.25) is 9.69 Å². The predicted molar refractivity (Wildman–Crippen MR) is 62.1 cm³/mol. The van der Waals surface area contributed by atoms with Crippen LogP contribution < -0.4 is 10.6 Å². The second-order valence-electron chi connectivity index (χ2n) is 4.79. The van der Waals surface area contributed by atoms with Gasteiger partial charge in [-0.2, -0.15) is 13.2 Å². The third-order valence-corrected chi connectivity index (χ3v) is 3.21. The molecule has 106 valence electrons. The molecule has 4 nitrogen and oxygen atoms in total. The minimum Gasteiger partial charge on any atom is -0.346 e. The van der Waals surface area contributed by atoms with E-state index in [2.05, 4.69) is 12.2 Å². The minimum absolute atomic E-state index is 0.0385. The monoisotopic (exact) mass is 267 g/mol. The topological polar surface area (TPSA) is 44.4 Å². The van der Waals surface area contributed by atoms with Gasteiger partial charge < -0.3 is 10.6 Å². The Labute approximate surface area is 105 Å². The van der Waals surface area contributed by atoms with Crippen molar-refractivity contribution in [3.8, 4) is 0 Å². The molecule has 1 aliphatic heterocycles. The maximum atomic E-state index is 11.9. The van der Waals surface area contributed by atoms with E-state index in [0.29, 0.717) is 12.0 Å². The molecule has 1 rings (SSSR count). The van der Waals surface area contributed by atoms with Gasteiger partial charge in [0.15, 0.2) is 0 Å². The number of alkyl halides is 3. The Morgan fingerprint density at radius 2 is 2.11 bits per heavy atom. The zero-order valence-electron chi connectivity index (χ0n) is 10.7. The van der Waals surface area contributed by atoms with E-state index in [-0.39, 0.29) is 6.54 Å². The van der Waals surface area contributed by atoms with Crippen molar-refractivity contribution in [3.05, 3.63) is 0 Å². The third kappa shape index (κ3) is 5.22. The SMILES string of the molecule is CNC1CCN(CC(=O)NCC(F)(F)F)CC1C. The summed E-state index contributed by atoms with van der Waals surface area (Å²) in [6.07, 6.45) is -3.44. The van der Waals surface area contributed by atoms with Crippen molar-refractivity contribution in [3.63, 3.8) is 0 Å². The van der Waals surface area contributed by atoms with Gasteiger partial charge in [-0.15, -0.1) is 0 Å². The molecule has 1 amide bonds. The number of nitrogens with zero attached hydrogens (tertiary/aromatic N) is 1. The van der Waals surface area contributed by atoms with E-state index in [1.165, 1.54) is 0 Å². The van der Waals surface area contributed by atoms with Crippen LogP contribution >= 0.6 is 0 Å². The number of nitrogens with one attached hydrogen (secondary N) is 2. The van der Waals surface area contributed by atoms with Gasteiger partial charge in [0.05, 0.1) is 6.54 Å². The average Bonchev–Trinajstić information content (AvgIpc) is 2.26. The summed E-state index contributed by atoms with van der Waals surface area (Å²) in [6, 6.07) is 0.416. The van der Waals surface area contributed by atoms with Crippen LogP contribution in [0.1, 0.15) is 13.3 Å². The molecular formula is C11H20F3N3O. The number of halogens is 3. The highest BCUT2D eigenvalue weighted by Gasteiger charge is 2.29. The lowest BCUT2D eigenvalue weighted by molar-refractivity contribution is -0.139. The summed E-state index contributed by atoms with van der Waals surface area (Å²) in [6.45, 7) is 2.31. The first kappa shape index (κ1) is 15.2. The lowest BCUT2D eigenvalue weighted by Crippen LogP contribution is -2.50. The van der Waals surface area contributed by atoms with Crippen LogP contribution in [0.25, 0.3) is 0 Å². The number of piperidine rings is 1. The highest BCUT2D eigenvalue weighted by molar-refractivity contribution is 5.78. The largest absolute Gasteiger partial charge is 0.405 e. The van der Waals surface area contributed by atoms with Crippen molar-refractivity contribution < 1.29 is 18.0 Å². The fourth-order valence-corrected chi connectivity index (χ4v) is 2.26. The minimum atomic E-state index is -4.35. The molecule has 0 aromatic rings. The highest BCUT2D eigenvalue weighted by atomic mass is 19.4. The van der Waals surface area contributed by atoms with Crippen LogP contribution in [0.15, 0.2) is 0 Å². The normalized spacial score (nSPS) is 26.1. The molecule has 0 aromatic carbocycles. The quantitative estimate of drug-likeness (QED) is 0.784. The number of likely N-dealkylation sites (tertiary alicyclic amines) is 1. The summed E-state index contributed by atoms with van der Waals surface area (Å²) in [4.78, 5) is 13.2. The fraction of sp³-hybridized carbons (Fsp3) is 0.909. The first-order valence-electron chi connectivity index (χ1n) is 6.05. The van der Waals surface area contributed by atoms with Crippen LogP contribution in [0, 0.1) is 5.92 Å². The van der Waals surface area contributed by atoms with E-state index in [9.17, 15) is 18.0 Å². The molecule has 0 saturated carbocycles. The molecule has 7 heteroatoms. The molecule has 2 unspecified atom stereocenters. The highest BCUT2D eigenvalue weighted by Crippen LogP contribution is 2.16. The molecule has 1 heterocycles. The Bertz CT molecular complexity index is 283. The molecule has 18 heavy (non-hydrogen) atoms. The van der Waals surface area contributed by atoms with E-state index in [4.69, 9.17) is 0 Å². The third-order valence-electron chi connectivity index (χ3n) is 3.21. The van der Waals surface area contributed by atoms with Crippen molar-refractivity contribution in [1.29, 1.82) is 0 Å². The molecule has 0 aromatic heterocycles. The molecular weight excluding hydrogens is 247 g/mol. The molecule has 0 bridgehead atoms. The molecule has 2 atom stereocenters. The Kier molecular flexibility index (Phi) is 5.40. The van der Waals surface area contributed by atoms with Gasteiger partial charge >= 0.3 is 6.18 Å². The van der Waals surface area contributed by atoms with Gasteiger partial charge in [-0.05, 0) is 19.4 Å². The Balaban J connectivity index is 2.29.